The van der Waals surface area contributed by atoms with Gasteiger partial charge in [0.2, 0.25) is 5.71 Å². The van der Waals surface area contributed by atoms with Crippen LogP contribution < -0.4 is 5.56 Å². The second-order valence-electron chi connectivity index (χ2n) is 6.36. The van der Waals surface area contributed by atoms with Crippen molar-refractivity contribution in [1.29, 1.82) is 0 Å². The molecule has 0 bridgehead atoms. The topological polar surface area (TPSA) is 79.1 Å². The van der Waals surface area contributed by atoms with Gasteiger partial charge in [0.1, 0.15) is 11.1 Å². The fraction of sp³-hybridized carbons (Fsp3) is 0.217. The van der Waals surface area contributed by atoms with E-state index in [1.807, 2.05) is 49.4 Å². The molecule has 0 unspecified atom stereocenters. The Bertz CT molecular complexity index is 1080. The molecule has 0 saturated carbocycles. The maximum atomic E-state index is 12.4. The maximum absolute atomic E-state index is 12.4. The number of aryl methyl sites for hydroxylation is 1. The molecule has 0 amide bonds. The molecule has 2 aromatic heterocycles. The van der Waals surface area contributed by atoms with E-state index in [2.05, 4.69) is 29.0 Å². The van der Waals surface area contributed by atoms with Crippen molar-refractivity contribution in [1.82, 2.24) is 9.97 Å². The molecule has 0 aliphatic carbocycles. The number of aromatic nitrogens is 2. The van der Waals surface area contributed by atoms with Crippen molar-refractivity contribution in [3.05, 3.63) is 76.8 Å². The lowest BCUT2D eigenvalue weighted by Gasteiger charge is -2.05. The summed E-state index contributed by atoms with van der Waals surface area (Å²) in [6, 6.07) is 18.0. The number of hydrogen-bond donors (Lipinski definition) is 2. The molecule has 5 heteroatoms. The molecule has 0 fully saturated rings. The van der Waals surface area contributed by atoms with Crippen molar-refractivity contribution in [3.63, 3.8) is 0 Å². The van der Waals surface area contributed by atoms with Gasteiger partial charge < -0.3 is 14.5 Å². The number of aliphatic hydroxyl groups is 1. The van der Waals surface area contributed by atoms with Crippen LogP contribution >= 0.6 is 0 Å². The zero-order valence-corrected chi connectivity index (χ0v) is 16.1. The zero-order chi connectivity index (χ0) is 19.9. The smallest absolute Gasteiger partial charge is 0.262 e. The van der Waals surface area contributed by atoms with Crippen LogP contribution in [0.3, 0.4) is 0 Å². The fourth-order valence-electron chi connectivity index (χ4n) is 2.92. The van der Waals surface area contributed by atoms with Crippen molar-refractivity contribution < 1.29 is 9.52 Å². The predicted molar refractivity (Wildman–Crippen MR) is 112 cm³/mol. The molecule has 144 valence electrons. The van der Waals surface area contributed by atoms with Gasteiger partial charge in [0, 0.05) is 17.7 Å². The summed E-state index contributed by atoms with van der Waals surface area (Å²) in [7, 11) is 0. The minimum atomic E-state index is -0.194. The molecule has 4 aromatic rings. The molecule has 28 heavy (non-hydrogen) atoms. The number of aliphatic hydroxyl groups excluding tert-OH is 1. The average molecular weight is 376 g/mol. The summed E-state index contributed by atoms with van der Waals surface area (Å²) in [4.78, 5) is 19.2. The molecule has 5 nitrogen and oxygen atoms in total. The van der Waals surface area contributed by atoms with Crippen LogP contribution in [0.15, 0.2) is 70.1 Å². The Hall–Kier alpha value is -3.18. The first-order valence-electron chi connectivity index (χ1n) is 9.45. The van der Waals surface area contributed by atoms with Gasteiger partial charge in [0.05, 0.1) is 6.33 Å². The number of hydrogen-bond acceptors (Lipinski definition) is 4. The van der Waals surface area contributed by atoms with Gasteiger partial charge >= 0.3 is 0 Å². The van der Waals surface area contributed by atoms with Gasteiger partial charge in [-0.15, -0.1) is 0 Å². The summed E-state index contributed by atoms with van der Waals surface area (Å²) in [6.45, 7) is 4.37. The Balaban J connectivity index is 0.000000516. The second-order valence-corrected chi connectivity index (χ2v) is 6.36. The zero-order valence-electron chi connectivity index (χ0n) is 16.1. The van der Waals surface area contributed by atoms with Crippen LogP contribution in [0.4, 0.5) is 0 Å². The lowest BCUT2D eigenvalue weighted by atomic mass is 9.98. The van der Waals surface area contributed by atoms with Gasteiger partial charge in [-0.1, -0.05) is 68.4 Å². The van der Waals surface area contributed by atoms with E-state index < -0.39 is 0 Å². The fourth-order valence-corrected chi connectivity index (χ4v) is 2.92. The highest BCUT2D eigenvalue weighted by atomic mass is 16.3. The summed E-state index contributed by atoms with van der Waals surface area (Å²) in [5.41, 5.74) is 4.06. The quantitative estimate of drug-likeness (QED) is 0.536. The SMILES string of the molecule is CCCO.CCc1ccc(-c2c(-c3ccccc3)oc3nc[nH]c(=O)c23)cc1. The van der Waals surface area contributed by atoms with Crippen molar-refractivity contribution in [3.8, 4) is 22.5 Å². The third kappa shape index (κ3) is 4.05. The van der Waals surface area contributed by atoms with Crippen molar-refractivity contribution >= 4 is 11.1 Å². The summed E-state index contributed by atoms with van der Waals surface area (Å²) in [5, 5.41) is 8.36. The first kappa shape index (κ1) is 19.6. The van der Waals surface area contributed by atoms with E-state index >= 15 is 0 Å². The molecule has 0 saturated heterocycles. The number of H-pyrrole nitrogens is 1. The Morgan fingerprint density at radius 3 is 2.29 bits per heavy atom. The highest BCUT2D eigenvalue weighted by molar-refractivity contribution is 5.99. The molecule has 0 aliphatic rings. The average Bonchev–Trinajstić information content (AvgIpc) is 3.15. The summed E-state index contributed by atoms with van der Waals surface area (Å²) in [6.07, 6.45) is 3.22. The normalized spacial score (nSPS) is 10.5. The number of furan rings is 1. The Labute approximate surface area is 163 Å². The van der Waals surface area contributed by atoms with Crippen LogP contribution in [-0.2, 0) is 6.42 Å². The van der Waals surface area contributed by atoms with E-state index in [1.165, 1.54) is 11.9 Å². The molecule has 0 spiro atoms. The van der Waals surface area contributed by atoms with Crippen LogP contribution in [-0.4, -0.2) is 21.7 Å². The number of rotatable bonds is 4. The predicted octanol–water partition coefficient (Wildman–Crippen LogP) is 4.80. The van der Waals surface area contributed by atoms with Crippen molar-refractivity contribution in [2.75, 3.05) is 6.61 Å². The van der Waals surface area contributed by atoms with Gasteiger partial charge in [0.15, 0.2) is 0 Å². The summed E-state index contributed by atoms with van der Waals surface area (Å²) in [5.74, 6) is 0.666. The highest BCUT2D eigenvalue weighted by Gasteiger charge is 2.20. The van der Waals surface area contributed by atoms with Gasteiger partial charge in [0.25, 0.3) is 5.56 Å². The van der Waals surface area contributed by atoms with Gasteiger partial charge in [-0.05, 0) is 24.0 Å². The number of benzene rings is 2. The Kier molecular flexibility index (Phi) is 6.40. The van der Waals surface area contributed by atoms with Gasteiger partial charge in [-0.2, -0.15) is 0 Å². The summed E-state index contributed by atoms with van der Waals surface area (Å²) < 4.78 is 5.95. The van der Waals surface area contributed by atoms with Crippen molar-refractivity contribution in [2.24, 2.45) is 0 Å². The van der Waals surface area contributed by atoms with Crippen LogP contribution in [0.2, 0.25) is 0 Å². The molecular weight excluding hydrogens is 352 g/mol. The standard InChI is InChI=1S/C20H16N2O2.C3H8O/c1-2-13-8-10-14(11-9-13)16-17-19(23)21-12-22-20(17)24-18(16)15-6-4-3-5-7-15;1-2-3-4/h3-12H,2H2,1H3,(H,21,22,23);4H,2-3H2,1H3. The molecule has 2 aromatic carbocycles. The van der Waals surface area contributed by atoms with Gasteiger partial charge in [-0.25, -0.2) is 4.98 Å². The number of nitrogens with one attached hydrogen (secondary N) is 1. The molecule has 0 atom stereocenters. The first-order chi connectivity index (χ1) is 13.7. The largest absolute Gasteiger partial charge is 0.437 e. The van der Waals surface area contributed by atoms with Crippen molar-refractivity contribution in [2.45, 2.75) is 26.7 Å². The lowest BCUT2D eigenvalue weighted by Crippen LogP contribution is -2.05. The third-order valence-electron chi connectivity index (χ3n) is 4.40. The Morgan fingerprint density at radius 1 is 1.00 bits per heavy atom. The molecule has 0 aliphatic heterocycles. The first-order valence-corrected chi connectivity index (χ1v) is 9.45. The lowest BCUT2D eigenvalue weighted by molar-refractivity contribution is 0.295. The molecule has 4 rings (SSSR count). The van der Waals surface area contributed by atoms with E-state index in [0.717, 1.165) is 29.5 Å². The molecule has 0 radical (unpaired) electrons. The van der Waals surface area contributed by atoms with Crippen LogP contribution in [0.25, 0.3) is 33.6 Å². The minimum Gasteiger partial charge on any atom is -0.437 e. The van der Waals surface area contributed by atoms with Crippen LogP contribution in [0.5, 0.6) is 0 Å². The van der Waals surface area contributed by atoms with E-state index in [4.69, 9.17) is 9.52 Å². The number of nitrogens with zero attached hydrogens (tertiary/aromatic N) is 1. The monoisotopic (exact) mass is 376 g/mol. The minimum absolute atomic E-state index is 0.194. The van der Waals surface area contributed by atoms with E-state index in [0.29, 0.717) is 23.5 Å². The van der Waals surface area contributed by atoms with Gasteiger partial charge in [-0.3, -0.25) is 4.79 Å². The van der Waals surface area contributed by atoms with E-state index in [9.17, 15) is 4.79 Å². The highest BCUT2D eigenvalue weighted by Crippen LogP contribution is 2.38. The van der Waals surface area contributed by atoms with Crippen LogP contribution in [0.1, 0.15) is 25.8 Å². The number of aromatic amines is 1. The van der Waals surface area contributed by atoms with E-state index in [1.54, 1.807) is 0 Å². The third-order valence-corrected chi connectivity index (χ3v) is 4.40. The number of fused-ring (bicyclic) bond motifs is 1. The Morgan fingerprint density at radius 2 is 1.68 bits per heavy atom. The second kappa shape index (κ2) is 9.15. The molecular formula is C23H24N2O3. The van der Waals surface area contributed by atoms with E-state index in [-0.39, 0.29) is 5.56 Å². The maximum Gasteiger partial charge on any atom is 0.262 e. The summed E-state index contributed by atoms with van der Waals surface area (Å²) >= 11 is 0. The molecule has 2 N–H and O–H groups in total. The molecule has 2 heterocycles. The van der Waals surface area contributed by atoms with Crippen LogP contribution in [0, 0.1) is 0 Å².